The lowest BCUT2D eigenvalue weighted by molar-refractivity contribution is 0.0938. The van der Waals surface area contributed by atoms with Gasteiger partial charge in [-0.25, -0.2) is 4.98 Å². The first-order valence-corrected chi connectivity index (χ1v) is 8.60. The van der Waals surface area contributed by atoms with E-state index in [1.54, 1.807) is 25.1 Å². The molecule has 24 heavy (non-hydrogen) atoms. The van der Waals surface area contributed by atoms with Crippen LogP contribution in [0.3, 0.4) is 0 Å². The van der Waals surface area contributed by atoms with Gasteiger partial charge in [-0.1, -0.05) is 19.9 Å². The number of aryl methyl sites for hydroxylation is 1. The summed E-state index contributed by atoms with van der Waals surface area (Å²) in [5.74, 6) is 0.0505. The van der Waals surface area contributed by atoms with Crippen LogP contribution in [-0.2, 0) is 0 Å². The summed E-state index contributed by atoms with van der Waals surface area (Å²) in [6, 6.07) is 5.30. The summed E-state index contributed by atoms with van der Waals surface area (Å²) in [5.41, 5.74) is 1.06. The van der Waals surface area contributed by atoms with E-state index in [0.717, 1.165) is 31.7 Å². The van der Waals surface area contributed by atoms with Crippen molar-refractivity contribution in [2.45, 2.75) is 27.2 Å². The molecule has 0 bridgehead atoms. The summed E-state index contributed by atoms with van der Waals surface area (Å²) in [5, 5.41) is 2.85. The van der Waals surface area contributed by atoms with Gasteiger partial charge in [0.1, 0.15) is 5.65 Å². The lowest BCUT2D eigenvalue weighted by Crippen LogP contribution is -2.32. The molecule has 2 aromatic rings. The Labute approximate surface area is 141 Å². The van der Waals surface area contributed by atoms with Crippen LogP contribution in [0, 0.1) is 24.7 Å². The minimum Gasteiger partial charge on any atom is -0.350 e. The van der Waals surface area contributed by atoms with Crippen LogP contribution in [0.4, 0.5) is 4.39 Å². The normalized spacial score (nSPS) is 18.6. The van der Waals surface area contributed by atoms with Gasteiger partial charge in [0.2, 0.25) is 5.95 Å². The molecule has 0 saturated carbocycles. The third-order valence-corrected chi connectivity index (χ3v) is 4.54. The van der Waals surface area contributed by atoms with Crippen LogP contribution < -0.4 is 5.32 Å². The number of hydrogen-bond donors (Lipinski definition) is 1. The Kier molecular flexibility index (Phi) is 4.85. The van der Waals surface area contributed by atoms with E-state index in [4.69, 9.17) is 0 Å². The predicted molar refractivity (Wildman–Crippen MR) is 91.6 cm³/mol. The molecule has 1 N–H and O–H groups in total. The topological polar surface area (TPSA) is 49.6 Å². The van der Waals surface area contributed by atoms with Gasteiger partial charge >= 0.3 is 0 Å². The molecule has 0 radical (unpaired) electrons. The standard InChI is InChI=1S/C18H25FN4O/c1-12(2)10-22-8-7-14(11-22)9-20-18(24)16-17(19)23-13(3)5-4-6-15(23)21-16/h4-6,12,14H,7-11H2,1-3H3,(H,20,24)/t14-/m0/s1. The van der Waals surface area contributed by atoms with Crippen molar-refractivity contribution in [1.29, 1.82) is 0 Å². The molecule has 6 heteroatoms. The molecule has 0 aliphatic carbocycles. The van der Waals surface area contributed by atoms with E-state index in [-0.39, 0.29) is 5.69 Å². The van der Waals surface area contributed by atoms with Gasteiger partial charge in [-0.15, -0.1) is 0 Å². The number of nitrogens with zero attached hydrogens (tertiary/aromatic N) is 3. The van der Waals surface area contributed by atoms with Crippen LogP contribution in [0.25, 0.3) is 5.65 Å². The number of imidazole rings is 1. The fourth-order valence-electron chi connectivity index (χ4n) is 3.44. The number of hydrogen-bond acceptors (Lipinski definition) is 3. The monoisotopic (exact) mass is 332 g/mol. The van der Waals surface area contributed by atoms with Crippen molar-refractivity contribution >= 4 is 11.6 Å². The highest BCUT2D eigenvalue weighted by atomic mass is 19.1. The SMILES string of the molecule is Cc1cccc2nc(C(=O)NC[C@@H]3CCN(CC(C)C)C3)c(F)n12. The predicted octanol–water partition coefficient (Wildman–Crippen LogP) is 2.49. The average molecular weight is 332 g/mol. The van der Waals surface area contributed by atoms with Gasteiger partial charge in [-0.3, -0.25) is 9.20 Å². The first-order chi connectivity index (χ1) is 11.5. The van der Waals surface area contributed by atoms with Crippen molar-refractivity contribution in [3.8, 4) is 0 Å². The van der Waals surface area contributed by atoms with Crippen LogP contribution in [0.2, 0.25) is 0 Å². The number of likely N-dealkylation sites (tertiary alicyclic amines) is 1. The van der Waals surface area contributed by atoms with E-state index in [2.05, 4.69) is 29.0 Å². The molecule has 1 aliphatic heterocycles. The highest BCUT2D eigenvalue weighted by molar-refractivity contribution is 5.93. The van der Waals surface area contributed by atoms with Gasteiger partial charge in [-0.05, 0) is 43.9 Å². The Balaban J connectivity index is 1.62. The Morgan fingerprint density at radius 2 is 2.25 bits per heavy atom. The van der Waals surface area contributed by atoms with Crippen molar-refractivity contribution < 1.29 is 9.18 Å². The zero-order valence-corrected chi connectivity index (χ0v) is 14.6. The smallest absolute Gasteiger partial charge is 0.274 e. The van der Waals surface area contributed by atoms with E-state index in [1.807, 2.05) is 0 Å². The number of carbonyl (C=O) groups excluding carboxylic acids is 1. The van der Waals surface area contributed by atoms with E-state index in [9.17, 15) is 9.18 Å². The van der Waals surface area contributed by atoms with E-state index < -0.39 is 11.9 Å². The Bertz CT molecular complexity index is 740. The minimum atomic E-state index is -0.589. The highest BCUT2D eigenvalue weighted by Crippen LogP contribution is 2.17. The van der Waals surface area contributed by atoms with E-state index in [1.165, 1.54) is 4.40 Å². The molecule has 1 fully saturated rings. The number of halogens is 1. The molecule has 130 valence electrons. The van der Waals surface area contributed by atoms with Crippen LogP contribution >= 0.6 is 0 Å². The maximum Gasteiger partial charge on any atom is 0.274 e. The van der Waals surface area contributed by atoms with Crippen LogP contribution in [0.5, 0.6) is 0 Å². The summed E-state index contributed by atoms with van der Waals surface area (Å²) in [4.78, 5) is 18.9. The van der Waals surface area contributed by atoms with Gasteiger partial charge in [0.05, 0.1) is 0 Å². The Hall–Kier alpha value is -1.95. The van der Waals surface area contributed by atoms with Crippen molar-refractivity contribution in [2.75, 3.05) is 26.2 Å². The van der Waals surface area contributed by atoms with Gasteiger partial charge < -0.3 is 10.2 Å². The van der Waals surface area contributed by atoms with E-state index in [0.29, 0.717) is 24.0 Å². The van der Waals surface area contributed by atoms with Crippen molar-refractivity contribution in [1.82, 2.24) is 19.6 Å². The second kappa shape index (κ2) is 6.89. The average Bonchev–Trinajstić information content (AvgIpc) is 3.10. The minimum absolute atomic E-state index is 0.124. The molecule has 3 heterocycles. The van der Waals surface area contributed by atoms with Crippen LogP contribution in [0.15, 0.2) is 18.2 Å². The quantitative estimate of drug-likeness (QED) is 0.915. The number of fused-ring (bicyclic) bond motifs is 1. The molecule has 0 unspecified atom stereocenters. The number of amides is 1. The number of rotatable bonds is 5. The lowest BCUT2D eigenvalue weighted by atomic mass is 10.1. The first kappa shape index (κ1) is 16.9. The summed E-state index contributed by atoms with van der Waals surface area (Å²) in [7, 11) is 0. The third-order valence-electron chi connectivity index (χ3n) is 4.54. The second-order valence-electron chi connectivity index (χ2n) is 7.13. The van der Waals surface area contributed by atoms with Gasteiger partial charge in [0, 0.05) is 25.3 Å². The summed E-state index contributed by atoms with van der Waals surface area (Å²) in [6.07, 6.45) is 1.07. The van der Waals surface area contributed by atoms with Crippen LogP contribution in [0.1, 0.15) is 36.5 Å². The van der Waals surface area contributed by atoms with Crippen LogP contribution in [-0.4, -0.2) is 46.4 Å². The Morgan fingerprint density at radius 1 is 1.46 bits per heavy atom. The fraction of sp³-hybridized carbons (Fsp3) is 0.556. The molecular weight excluding hydrogens is 307 g/mol. The molecule has 1 aliphatic rings. The lowest BCUT2D eigenvalue weighted by Gasteiger charge is -2.18. The summed E-state index contributed by atoms with van der Waals surface area (Å²) >= 11 is 0. The van der Waals surface area contributed by atoms with Gasteiger partial charge in [-0.2, -0.15) is 4.39 Å². The first-order valence-electron chi connectivity index (χ1n) is 8.60. The number of pyridine rings is 1. The molecule has 2 aromatic heterocycles. The summed E-state index contributed by atoms with van der Waals surface area (Å²) in [6.45, 7) is 9.93. The molecule has 5 nitrogen and oxygen atoms in total. The van der Waals surface area contributed by atoms with Gasteiger partial charge in [0.25, 0.3) is 5.91 Å². The van der Waals surface area contributed by atoms with Gasteiger partial charge in [0.15, 0.2) is 5.69 Å². The van der Waals surface area contributed by atoms with E-state index >= 15 is 0 Å². The highest BCUT2D eigenvalue weighted by Gasteiger charge is 2.25. The number of aromatic nitrogens is 2. The zero-order chi connectivity index (χ0) is 17.3. The largest absolute Gasteiger partial charge is 0.350 e. The third kappa shape index (κ3) is 3.43. The molecule has 1 atom stereocenters. The molecular formula is C18H25FN4O. The molecule has 1 saturated heterocycles. The summed E-state index contributed by atoms with van der Waals surface area (Å²) < 4.78 is 15.8. The maximum absolute atomic E-state index is 14.5. The van der Waals surface area contributed by atoms with Crippen molar-refractivity contribution in [3.05, 3.63) is 35.5 Å². The maximum atomic E-state index is 14.5. The number of carbonyl (C=O) groups is 1. The zero-order valence-electron chi connectivity index (χ0n) is 14.6. The second-order valence-corrected chi connectivity index (χ2v) is 7.13. The molecule has 0 spiro atoms. The van der Waals surface area contributed by atoms with Crippen molar-refractivity contribution in [2.24, 2.45) is 11.8 Å². The van der Waals surface area contributed by atoms with Crippen molar-refractivity contribution in [3.63, 3.8) is 0 Å². The Morgan fingerprint density at radius 3 is 2.96 bits per heavy atom. The molecule has 0 aromatic carbocycles. The molecule has 3 rings (SSSR count). The number of nitrogens with one attached hydrogen (secondary N) is 1. The molecule has 1 amide bonds. The fourth-order valence-corrected chi connectivity index (χ4v) is 3.44.